The molecular formula is C23H25ClN2O3. The molecule has 0 spiro atoms. The van der Waals surface area contributed by atoms with Crippen molar-refractivity contribution in [3.8, 4) is 11.3 Å². The summed E-state index contributed by atoms with van der Waals surface area (Å²) in [5.41, 5.74) is 3.31. The third kappa shape index (κ3) is 4.52. The molecule has 0 aliphatic rings. The number of carbonyl (C=O) groups excluding carboxylic acids is 1. The van der Waals surface area contributed by atoms with Crippen molar-refractivity contribution in [2.45, 2.75) is 32.4 Å². The van der Waals surface area contributed by atoms with Gasteiger partial charge in [-0.2, -0.15) is 0 Å². The topological polar surface area (TPSA) is 64.4 Å². The van der Waals surface area contributed by atoms with Gasteiger partial charge >= 0.3 is 5.97 Å². The Bertz CT molecular complexity index is 1010. The van der Waals surface area contributed by atoms with Crippen molar-refractivity contribution in [1.82, 2.24) is 10.5 Å². The number of carbonyl (C=O) groups is 1. The van der Waals surface area contributed by atoms with Gasteiger partial charge in [0.05, 0.1) is 7.11 Å². The number of halogens is 1. The second-order valence-electron chi connectivity index (χ2n) is 7.25. The number of esters is 1. The molecule has 0 bridgehead atoms. The van der Waals surface area contributed by atoms with E-state index in [1.54, 1.807) is 6.07 Å². The first-order valence-corrected chi connectivity index (χ1v) is 9.93. The van der Waals surface area contributed by atoms with Gasteiger partial charge in [0, 0.05) is 28.1 Å². The van der Waals surface area contributed by atoms with Crippen LogP contribution in [0.4, 0.5) is 0 Å². The number of methoxy groups -OCH3 is 1. The molecule has 1 N–H and O–H groups in total. The Labute approximate surface area is 175 Å². The van der Waals surface area contributed by atoms with Crippen LogP contribution in [-0.2, 0) is 9.53 Å². The molecule has 6 heteroatoms. The number of fused-ring (bicyclic) bond motifs is 1. The van der Waals surface area contributed by atoms with E-state index in [0.29, 0.717) is 17.0 Å². The van der Waals surface area contributed by atoms with Crippen LogP contribution in [0.15, 0.2) is 59.6 Å². The molecule has 0 fully saturated rings. The predicted octanol–water partition coefficient (Wildman–Crippen LogP) is 5.55. The van der Waals surface area contributed by atoms with Gasteiger partial charge in [-0.05, 0) is 30.0 Å². The first-order chi connectivity index (χ1) is 14.0. The highest BCUT2D eigenvalue weighted by molar-refractivity contribution is 6.31. The molecule has 2 atom stereocenters. The summed E-state index contributed by atoms with van der Waals surface area (Å²) in [6.45, 7) is 7.86. The minimum Gasteiger partial charge on any atom is -0.468 e. The summed E-state index contributed by atoms with van der Waals surface area (Å²) in [5, 5.41) is 9.23. The second-order valence-corrected chi connectivity index (χ2v) is 7.68. The Balaban J connectivity index is 2.06. The van der Waals surface area contributed by atoms with Crippen LogP contribution in [0.25, 0.3) is 22.2 Å². The molecule has 1 heterocycles. The maximum atomic E-state index is 12.3. The van der Waals surface area contributed by atoms with Gasteiger partial charge in [0.25, 0.3) is 0 Å². The van der Waals surface area contributed by atoms with E-state index < -0.39 is 6.04 Å². The van der Waals surface area contributed by atoms with E-state index in [4.69, 9.17) is 20.9 Å². The number of aromatic nitrogens is 1. The van der Waals surface area contributed by atoms with E-state index in [-0.39, 0.29) is 17.9 Å². The van der Waals surface area contributed by atoms with Crippen molar-refractivity contribution < 1.29 is 14.1 Å². The van der Waals surface area contributed by atoms with Crippen LogP contribution < -0.4 is 5.32 Å². The standard InChI is InChI=1S/C23H25ClN2O3/c1-5-8-19(25-21(14(2)3)23(27)28-4)16-9-6-7-10-17(16)22-18-12-11-15(24)13-20(18)29-26-22/h5-7,9-14,19,21,25H,1,8H2,2-4H3/t19?,21-/m0/s1. The quantitative estimate of drug-likeness (QED) is 0.388. The molecule has 0 aliphatic heterocycles. The molecule has 29 heavy (non-hydrogen) atoms. The lowest BCUT2D eigenvalue weighted by atomic mass is 9.93. The van der Waals surface area contributed by atoms with E-state index in [1.165, 1.54) is 7.11 Å². The molecule has 152 valence electrons. The second kappa shape index (κ2) is 9.25. The summed E-state index contributed by atoms with van der Waals surface area (Å²) in [6.07, 6.45) is 2.47. The highest BCUT2D eigenvalue weighted by Gasteiger charge is 2.28. The first kappa shape index (κ1) is 21.1. The number of hydrogen-bond acceptors (Lipinski definition) is 5. The Hall–Kier alpha value is -2.63. The Morgan fingerprint density at radius 2 is 2.07 bits per heavy atom. The van der Waals surface area contributed by atoms with Gasteiger partial charge in [0.15, 0.2) is 5.58 Å². The zero-order chi connectivity index (χ0) is 21.0. The van der Waals surface area contributed by atoms with E-state index in [9.17, 15) is 4.79 Å². The third-order valence-electron chi connectivity index (χ3n) is 4.93. The van der Waals surface area contributed by atoms with Crippen LogP contribution in [0.3, 0.4) is 0 Å². The molecule has 0 saturated heterocycles. The average molecular weight is 413 g/mol. The Morgan fingerprint density at radius 1 is 1.31 bits per heavy atom. The van der Waals surface area contributed by atoms with Crippen LogP contribution in [0.5, 0.6) is 0 Å². The third-order valence-corrected chi connectivity index (χ3v) is 5.17. The van der Waals surface area contributed by atoms with Crippen molar-refractivity contribution in [2.24, 2.45) is 5.92 Å². The summed E-state index contributed by atoms with van der Waals surface area (Å²) in [6, 6.07) is 12.9. The molecule has 0 radical (unpaired) electrons. The zero-order valence-corrected chi connectivity index (χ0v) is 17.6. The normalized spacial score (nSPS) is 13.4. The minimum absolute atomic E-state index is 0.0666. The first-order valence-electron chi connectivity index (χ1n) is 9.55. The summed E-state index contributed by atoms with van der Waals surface area (Å²) < 4.78 is 10.5. The van der Waals surface area contributed by atoms with Crippen LogP contribution in [-0.4, -0.2) is 24.3 Å². The fourth-order valence-electron chi connectivity index (χ4n) is 3.45. The zero-order valence-electron chi connectivity index (χ0n) is 16.8. The molecule has 0 amide bonds. The monoisotopic (exact) mass is 412 g/mol. The summed E-state index contributed by atoms with van der Waals surface area (Å²) in [5.74, 6) is -0.218. The van der Waals surface area contributed by atoms with Gasteiger partial charge in [-0.3, -0.25) is 10.1 Å². The Kier molecular flexibility index (Phi) is 6.72. The lowest BCUT2D eigenvalue weighted by Gasteiger charge is -2.27. The number of benzene rings is 2. The van der Waals surface area contributed by atoms with E-state index >= 15 is 0 Å². The molecule has 3 aromatic rings. The maximum Gasteiger partial charge on any atom is 0.323 e. The highest BCUT2D eigenvalue weighted by atomic mass is 35.5. The molecule has 5 nitrogen and oxygen atoms in total. The molecule has 1 aromatic heterocycles. The minimum atomic E-state index is -0.439. The summed E-state index contributed by atoms with van der Waals surface area (Å²) in [4.78, 5) is 12.3. The Morgan fingerprint density at radius 3 is 2.76 bits per heavy atom. The maximum absolute atomic E-state index is 12.3. The number of ether oxygens (including phenoxy) is 1. The van der Waals surface area contributed by atoms with Crippen LogP contribution in [0, 0.1) is 5.92 Å². The van der Waals surface area contributed by atoms with E-state index in [2.05, 4.69) is 17.1 Å². The van der Waals surface area contributed by atoms with Crippen molar-refractivity contribution >= 4 is 28.5 Å². The van der Waals surface area contributed by atoms with Gasteiger partial charge in [0.2, 0.25) is 0 Å². The van der Waals surface area contributed by atoms with Gasteiger partial charge in [0.1, 0.15) is 11.7 Å². The number of hydrogen-bond donors (Lipinski definition) is 1. The smallest absolute Gasteiger partial charge is 0.323 e. The summed E-state index contributed by atoms with van der Waals surface area (Å²) >= 11 is 6.07. The van der Waals surface area contributed by atoms with Crippen molar-refractivity contribution in [3.63, 3.8) is 0 Å². The molecular weight excluding hydrogens is 388 g/mol. The largest absolute Gasteiger partial charge is 0.468 e. The highest BCUT2D eigenvalue weighted by Crippen LogP contribution is 2.35. The van der Waals surface area contributed by atoms with Crippen LogP contribution in [0.2, 0.25) is 5.02 Å². The lowest BCUT2D eigenvalue weighted by Crippen LogP contribution is -2.43. The SMILES string of the molecule is C=CCC(N[C@H](C(=O)OC)C(C)C)c1ccccc1-c1noc2cc(Cl)ccc12. The van der Waals surface area contributed by atoms with Gasteiger partial charge < -0.3 is 9.26 Å². The lowest BCUT2D eigenvalue weighted by molar-refractivity contribution is -0.144. The van der Waals surface area contributed by atoms with Crippen molar-refractivity contribution in [1.29, 1.82) is 0 Å². The molecule has 3 rings (SSSR count). The van der Waals surface area contributed by atoms with Gasteiger partial charge in [-0.15, -0.1) is 6.58 Å². The summed E-state index contributed by atoms with van der Waals surface area (Å²) in [7, 11) is 1.41. The molecule has 2 aromatic carbocycles. The van der Waals surface area contributed by atoms with Crippen LogP contribution >= 0.6 is 11.6 Å². The van der Waals surface area contributed by atoms with E-state index in [0.717, 1.165) is 22.2 Å². The van der Waals surface area contributed by atoms with Gasteiger partial charge in [-0.25, -0.2) is 0 Å². The predicted molar refractivity (Wildman–Crippen MR) is 116 cm³/mol. The molecule has 0 aliphatic carbocycles. The number of nitrogens with one attached hydrogen (secondary N) is 1. The van der Waals surface area contributed by atoms with Gasteiger partial charge in [-0.1, -0.05) is 60.9 Å². The van der Waals surface area contributed by atoms with Crippen molar-refractivity contribution in [3.05, 3.63) is 65.7 Å². The molecule has 0 saturated carbocycles. The fraction of sp³-hybridized carbons (Fsp3) is 0.304. The van der Waals surface area contributed by atoms with Crippen molar-refractivity contribution in [2.75, 3.05) is 7.11 Å². The number of rotatable bonds is 8. The van der Waals surface area contributed by atoms with Crippen LogP contribution in [0.1, 0.15) is 31.9 Å². The van der Waals surface area contributed by atoms with E-state index in [1.807, 2.05) is 56.3 Å². The average Bonchev–Trinajstić information content (AvgIpc) is 3.13. The fourth-order valence-corrected chi connectivity index (χ4v) is 3.61. The molecule has 1 unspecified atom stereocenters. The number of nitrogens with zero attached hydrogens (tertiary/aromatic N) is 1.